The Morgan fingerprint density at radius 1 is 1.48 bits per heavy atom. The van der Waals surface area contributed by atoms with Crippen molar-refractivity contribution >= 4 is 17.6 Å². The van der Waals surface area contributed by atoms with E-state index in [1.54, 1.807) is 11.6 Å². The molecule has 2 aromatic rings. The normalized spacial score (nSPS) is 11.1. The maximum atomic E-state index is 11.8. The van der Waals surface area contributed by atoms with Gasteiger partial charge in [-0.05, 0) is 26.8 Å². The van der Waals surface area contributed by atoms with E-state index in [2.05, 4.69) is 29.3 Å². The van der Waals surface area contributed by atoms with Crippen molar-refractivity contribution in [3.8, 4) is 0 Å². The highest BCUT2D eigenvalue weighted by Crippen LogP contribution is 2.13. The molecule has 0 aromatic carbocycles. The van der Waals surface area contributed by atoms with Gasteiger partial charge in [0.1, 0.15) is 0 Å². The summed E-state index contributed by atoms with van der Waals surface area (Å²) >= 11 is 5.91. The summed E-state index contributed by atoms with van der Waals surface area (Å²) in [6, 6.07) is 2.20. The Hall–Kier alpha value is -1.89. The fraction of sp³-hybridized carbons (Fsp3) is 0.538. The number of nitrogens with zero attached hydrogens (tertiary/aromatic N) is 5. The Morgan fingerprint density at radius 2 is 2.24 bits per heavy atom. The highest BCUT2D eigenvalue weighted by molar-refractivity contribution is 6.17. The standard InChI is InChI=1S/C13H18ClN5O2/c1-4-21-13(20)12-11(7-14)19(17-15-12)8-10-5-6-18(16-10)9(2)3/h5-6,9H,4,7-8H2,1-3H3. The largest absolute Gasteiger partial charge is 0.461 e. The predicted molar refractivity (Wildman–Crippen MR) is 77.2 cm³/mol. The Kier molecular flexibility index (Phi) is 4.95. The van der Waals surface area contributed by atoms with Gasteiger partial charge in [0.2, 0.25) is 0 Å². The van der Waals surface area contributed by atoms with E-state index in [0.717, 1.165) is 5.69 Å². The Morgan fingerprint density at radius 3 is 2.81 bits per heavy atom. The van der Waals surface area contributed by atoms with Crippen LogP contribution in [0.5, 0.6) is 0 Å². The van der Waals surface area contributed by atoms with E-state index in [1.807, 2.05) is 16.9 Å². The maximum Gasteiger partial charge on any atom is 0.360 e. The van der Waals surface area contributed by atoms with Gasteiger partial charge in [-0.2, -0.15) is 5.10 Å². The first-order valence-electron chi connectivity index (χ1n) is 6.76. The van der Waals surface area contributed by atoms with Crippen molar-refractivity contribution in [2.75, 3.05) is 6.61 Å². The van der Waals surface area contributed by atoms with Crippen LogP contribution in [0.15, 0.2) is 12.3 Å². The molecule has 0 bridgehead atoms. The second-order valence-corrected chi connectivity index (χ2v) is 5.04. The third-order valence-electron chi connectivity index (χ3n) is 2.94. The van der Waals surface area contributed by atoms with Crippen LogP contribution in [0.25, 0.3) is 0 Å². The number of esters is 1. The molecule has 21 heavy (non-hydrogen) atoms. The molecule has 0 saturated heterocycles. The zero-order valence-electron chi connectivity index (χ0n) is 12.3. The van der Waals surface area contributed by atoms with Crippen molar-refractivity contribution in [1.82, 2.24) is 24.8 Å². The van der Waals surface area contributed by atoms with Gasteiger partial charge in [-0.15, -0.1) is 16.7 Å². The molecule has 0 atom stereocenters. The smallest absolute Gasteiger partial charge is 0.360 e. The fourth-order valence-corrected chi connectivity index (χ4v) is 2.12. The van der Waals surface area contributed by atoms with Crippen LogP contribution in [-0.4, -0.2) is 37.4 Å². The topological polar surface area (TPSA) is 74.8 Å². The summed E-state index contributed by atoms with van der Waals surface area (Å²) in [4.78, 5) is 11.8. The zero-order chi connectivity index (χ0) is 15.4. The second-order valence-electron chi connectivity index (χ2n) is 4.78. The number of aromatic nitrogens is 5. The molecular weight excluding hydrogens is 294 g/mol. The molecule has 0 fully saturated rings. The van der Waals surface area contributed by atoms with Gasteiger partial charge in [0.25, 0.3) is 0 Å². The number of carbonyl (C=O) groups excluding carboxylic acids is 1. The lowest BCUT2D eigenvalue weighted by molar-refractivity contribution is 0.0518. The third-order valence-corrected chi connectivity index (χ3v) is 3.19. The van der Waals surface area contributed by atoms with Gasteiger partial charge in [0, 0.05) is 12.2 Å². The van der Waals surface area contributed by atoms with Crippen LogP contribution in [-0.2, 0) is 17.2 Å². The summed E-state index contributed by atoms with van der Waals surface area (Å²) in [6.07, 6.45) is 1.91. The summed E-state index contributed by atoms with van der Waals surface area (Å²) in [5, 5.41) is 12.3. The first-order valence-corrected chi connectivity index (χ1v) is 7.29. The lowest BCUT2D eigenvalue weighted by Gasteiger charge is -2.05. The molecule has 0 aliphatic rings. The van der Waals surface area contributed by atoms with E-state index in [4.69, 9.17) is 16.3 Å². The summed E-state index contributed by atoms with van der Waals surface area (Å²) in [6.45, 7) is 6.53. The molecule has 8 heteroatoms. The fourth-order valence-electron chi connectivity index (χ4n) is 1.85. The van der Waals surface area contributed by atoms with Gasteiger partial charge in [-0.3, -0.25) is 4.68 Å². The molecule has 0 aliphatic heterocycles. The number of halogens is 1. The van der Waals surface area contributed by atoms with Gasteiger partial charge in [0.15, 0.2) is 5.69 Å². The maximum absolute atomic E-state index is 11.8. The number of hydrogen-bond donors (Lipinski definition) is 0. The molecule has 0 amide bonds. The SMILES string of the molecule is CCOC(=O)c1nnn(Cc2ccn(C(C)C)n2)c1CCl. The third kappa shape index (κ3) is 3.41. The van der Waals surface area contributed by atoms with Gasteiger partial charge in [-0.1, -0.05) is 5.21 Å². The molecule has 7 nitrogen and oxygen atoms in total. The lowest BCUT2D eigenvalue weighted by Crippen LogP contribution is -2.11. The number of alkyl halides is 1. The average Bonchev–Trinajstić information content (AvgIpc) is 3.06. The summed E-state index contributed by atoms with van der Waals surface area (Å²) in [5.74, 6) is -0.376. The van der Waals surface area contributed by atoms with Crippen LogP contribution in [0, 0.1) is 0 Å². The van der Waals surface area contributed by atoms with Gasteiger partial charge in [0.05, 0.1) is 30.4 Å². The monoisotopic (exact) mass is 311 g/mol. The molecular formula is C13H18ClN5O2. The van der Waals surface area contributed by atoms with Crippen LogP contribution in [0.4, 0.5) is 0 Å². The summed E-state index contributed by atoms with van der Waals surface area (Å²) in [7, 11) is 0. The van der Waals surface area contributed by atoms with Gasteiger partial charge >= 0.3 is 5.97 Å². The number of rotatable bonds is 6. The molecule has 0 aliphatic carbocycles. The van der Waals surface area contributed by atoms with Crippen molar-refractivity contribution < 1.29 is 9.53 Å². The van der Waals surface area contributed by atoms with E-state index in [0.29, 0.717) is 12.2 Å². The molecule has 114 valence electrons. The predicted octanol–water partition coefficient (Wildman–Crippen LogP) is 2.02. The van der Waals surface area contributed by atoms with E-state index >= 15 is 0 Å². The quantitative estimate of drug-likeness (QED) is 0.602. The van der Waals surface area contributed by atoms with Crippen molar-refractivity contribution in [1.29, 1.82) is 0 Å². The number of hydrogen-bond acceptors (Lipinski definition) is 5. The summed E-state index contributed by atoms with van der Waals surface area (Å²) < 4.78 is 8.37. The van der Waals surface area contributed by atoms with E-state index in [1.165, 1.54) is 0 Å². The van der Waals surface area contributed by atoms with Gasteiger partial charge in [-0.25, -0.2) is 9.48 Å². The Balaban J connectivity index is 2.21. The van der Waals surface area contributed by atoms with Crippen molar-refractivity contribution in [3.63, 3.8) is 0 Å². The highest BCUT2D eigenvalue weighted by Gasteiger charge is 2.20. The van der Waals surface area contributed by atoms with Crippen LogP contribution >= 0.6 is 11.6 Å². The average molecular weight is 312 g/mol. The number of ether oxygens (including phenoxy) is 1. The van der Waals surface area contributed by atoms with E-state index < -0.39 is 5.97 Å². The second kappa shape index (κ2) is 6.71. The number of carbonyl (C=O) groups is 1. The molecule has 2 rings (SSSR count). The van der Waals surface area contributed by atoms with Crippen molar-refractivity contribution in [2.45, 2.75) is 39.2 Å². The minimum absolute atomic E-state index is 0.131. The lowest BCUT2D eigenvalue weighted by atomic mass is 10.3. The van der Waals surface area contributed by atoms with Crippen molar-refractivity contribution in [3.05, 3.63) is 29.3 Å². The molecule has 2 heterocycles. The van der Waals surface area contributed by atoms with E-state index in [-0.39, 0.29) is 24.2 Å². The van der Waals surface area contributed by atoms with E-state index in [9.17, 15) is 4.79 Å². The molecule has 0 unspecified atom stereocenters. The van der Waals surface area contributed by atoms with Gasteiger partial charge < -0.3 is 4.74 Å². The molecule has 0 spiro atoms. The Bertz CT molecular complexity index is 620. The highest BCUT2D eigenvalue weighted by atomic mass is 35.5. The first kappa shape index (κ1) is 15.5. The Labute approximate surface area is 127 Å². The van der Waals surface area contributed by atoms with Crippen molar-refractivity contribution in [2.24, 2.45) is 0 Å². The first-order chi connectivity index (χ1) is 10.1. The molecule has 0 N–H and O–H groups in total. The minimum atomic E-state index is -0.507. The molecule has 0 saturated carbocycles. The minimum Gasteiger partial charge on any atom is -0.461 e. The summed E-state index contributed by atoms with van der Waals surface area (Å²) in [5.41, 5.74) is 1.53. The van der Waals surface area contributed by atoms with Crippen LogP contribution in [0.3, 0.4) is 0 Å². The van der Waals surface area contributed by atoms with Crippen LogP contribution < -0.4 is 0 Å². The van der Waals surface area contributed by atoms with Crippen LogP contribution in [0.2, 0.25) is 0 Å². The van der Waals surface area contributed by atoms with Crippen LogP contribution in [0.1, 0.15) is 48.7 Å². The zero-order valence-corrected chi connectivity index (χ0v) is 13.0. The molecule has 2 aromatic heterocycles. The molecule has 0 radical (unpaired) electrons.